The van der Waals surface area contributed by atoms with Gasteiger partial charge < -0.3 is 0 Å². The maximum atomic E-state index is 11.6. The molecule has 0 saturated heterocycles. The van der Waals surface area contributed by atoms with Crippen molar-refractivity contribution in [3.63, 3.8) is 0 Å². The molecule has 0 N–H and O–H groups in total. The number of pyridine rings is 1. The molecule has 0 atom stereocenters. The minimum atomic E-state index is -0.0341. The average Bonchev–Trinajstić information content (AvgIpc) is 2.19. The molecule has 0 unspecified atom stereocenters. The predicted molar refractivity (Wildman–Crippen MR) is 58.8 cm³/mol. The highest BCUT2D eigenvalue weighted by Crippen LogP contribution is 2.06. The van der Waals surface area contributed by atoms with Crippen molar-refractivity contribution in [3.8, 4) is 0 Å². The molecule has 0 aliphatic heterocycles. The fourth-order valence-electron chi connectivity index (χ4n) is 1.38. The van der Waals surface area contributed by atoms with Crippen LogP contribution in [-0.2, 0) is 5.33 Å². The summed E-state index contributed by atoms with van der Waals surface area (Å²) in [6.45, 7) is 1.94. The van der Waals surface area contributed by atoms with Crippen molar-refractivity contribution in [2.24, 2.45) is 0 Å². The highest BCUT2D eigenvalue weighted by Gasteiger charge is 2.02. The molecule has 14 heavy (non-hydrogen) atoms. The second-order valence-electron chi connectivity index (χ2n) is 3.10. The number of alkyl halides is 1. The zero-order valence-electron chi connectivity index (χ0n) is 7.70. The van der Waals surface area contributed by atoms with Crippen LogP contribution in [0.2, 0.25) is 0 Å². The van der Waals surface area contributed by atoms with Crippen LogP contribution in [0.1, 0.15) is 11.3 Å². The molecule has 0 aromatic carbocycles. The highest BCUT2D eigenvalue weighted by molar-refractivity contribution is 9.08. The molecule has 0 radical (unpaired) electrons. The maximum absolute atomic E-state index is 11.6. The Bertz CT molecular complexity index is 533. The van der Waals surface area contributed by atoms with Crippen molar-refractivity contribution < 1.29 is 0 Å². The van der Waals surface area contributed by atoms with Crippen LogP contribution < -0.4 is 5.56 Å². The topological polar surface area (TPSA) is 34.4 Å². The zero-order valence-corrected chi connectivity index (χ0v) is 9.28. The van der Waals surface area contributed by atoms with Crippen LogP contribution in [0.25, 0.3) is 5.65 Å². The largest absolute Gasteiger partial charge is 0.269 e. The summed E-state index contributed by atoms with van der Waals surface area (Å²) in [7, 11) is 0. The fourth-order valence-corrected chi connectivity index (χ4v) is 1.66. The summed E-state index contributed by atoms with van der Waals surface area (Å²) in [5.74, 6) is 0. The Morgan fingerprint density at radius 3 is 3.07 bits per heavy atom. The van der Waals surface area contributed by atoms with Crippen molar-refractivity contribution in [2.45, 2.75) is 12.3 Å². The summed E-state index contributed by atoms with van der Waals surface area (Å²) in [6.07, 6.45) is 1.73. The molecule has 0 bridgehead atoms. The van der Waals surface area contributed by atoms with Gasteiger partial charge in [0.15, 0.2) is 0 Å². The minimum absolute atomic E-state index is 0.0341. The molecule has 0 saturated carbocycles. The Morgan fingerprint density at radius 1 is 1.57 bits per heavy atom. The summed E-state index contributed by atoms with van der Waals surface area (Å²) in [5.41, 5.74) is 2.47. The van der Waals surface area contributed by atoms with E-state index in [9.17, 15) is 4.79 Å². The van der Waals surface area contributed by atoms with Crippen LogP contribution in [0.4, 0.5) is 0 Å². The summed E-state index contributed by atoms with van der Waals surface area (Å²) < 4.78 is 1.56. The molecule has 2 aromatic heterocycles. The first-order valence-corrected chi connectivity index (χ1v) is 5.38. The number of aryl methyl sites for hydroxylation is 1. The Kier molecular flexibility index (Phi) is 2.37. The molecule has 0 fully saturated rings. The van der Waals surface area contributed by atoms with E-state index in [4.69, 9.17) is 0 Å². The van der Waals surface area contributed by atoms with E-state index in [1.54, 1.807) is 16.7 Å². The molecule has 0 aliphatic carbocycles. The monoisotopic (exact) mass is 252 g/mol. The van der Waals surface area contributed by atoms with Gasteiger partial charge in [0.05, 0.1) is 5.69 Å². The number of aromatic nitrogens is 2. The van der Waals surface area contributed by atoms with Gasteiger partial charge in [0.25, 0.3) is 5.56 Å². The van der Waals surface area contributed by atoms with Gasteiger partial charge in [0.1, 0.15) is 5.65 Å². The number of hydrogen-bond donors (Lipinski definition) is 0. The van der Waals surface area contributed by atoms with Gasteiger partial charge in [-0.15, -0.1) is 0 Å². The van der Waals surface area contributed by atoms with Crippen molar-refractivity contribution in [1.82, 2.24) is 9.38 Å². The van der Waals surface area contributed by atoms with E-state index in [0.717, 1.165) is 16.9 Å². The van der Waals surface area contributed by atoms with Gasteiger partial charge in [0, 0.05) is 17.6 Å². The smallest absolute Gasteiger partial charge is 0.258 e. The lowest BCUT2D eigenvalue weighted by molar-refractivity contribution is 1.00. The lowest BCUT2D eigenvalue weighted by Crippen LogP contribution is -2.15. The molecule has 0 amide bonds. The van der Waals surface area contributed by atoms with Crippen LogP contribution >= 0.6 is 15.9 Å². The number of fused-ring (bicyclic) bond motifs is 1. The maximum Gasteiger partial charge on any atom is 0.258 e. The first-order valence-electron chi connectivity index (χ1n) is 4.26. The van der Waals surface area contributed by atoms with Gasteiger partial charge in [-0.3, -0.25) is 9.20 Å². The molecule has 2 rings (SSSR count). The number of hydrogen-bond acceptors (Lipinski definition) is 2. The Hall–Kier alpha value is -1.16. The normalized spacial score (nSPS) is 10.7. The first kappa shape index (κ1) is 9.40. The molecule has 2 heterocycles. The standard InChI is InChI=1S/C10H9BrN2O/c1-7-3-2-4-13-9(14)5-8(6-11)12-10(7)13/h2-5H,6H2,1H3. The van der Waals surface area contributed by atoms with Gasteiger partial charge in [-0.1, -0.05) is 22.0 Å². The van der Waals surface area contributed by atoms with Crippen molar-refractivity contribution in [2.75, 3.05) is 0 Å². The van der Waals surface area contributed by atoms with Crippen LogP contribution in [0.3, 0.4) is 0 Å². The molecule has 3 nitrogen and oxygen atoms in total. The van der Waals surface area contributed by atoms with Crippen molar-refractivity contribution >= 4 is 21.6 Å². The Labute approximate surface area is 89.5 Å². The van der Waals surface area contributed by atoms with E-state index in [1.807, 2.05) is 19.1 Å². The lowest BCUT2D eigenvalue weighted by atomic mass is 10.3. The van der Waals surface area contributed by atoms with Gasteiger partial charge in [-0.2, -0.15) is 0 Å². The molecule has 4 heteroatoms. The summed E-state index contributed by atoms with van der Waals surface area (Å²) >= 11 is 3.29. The van der Waals surface area contributed by atoms with E-state index in [2.05, 4.69) is 20.9 Å². The van der Waals surface area contributed by atoms with E-state index < -0.39 is 0 Å². The third-order valence-electron chi connectivity index (χ3n) is 2.08. The SMILES string of the molecule is Cc1cccn2c(=O)cc(CBr)nc12. The van der Waals surface area contributed by atoms with Crippen molar-refractivity contribution in [1.29, 1.82) is 0 Å². The molecule has 0 aliphatic rings. The van der Waals surface area contributed by atoms with Crippen molar-refractivity contribution in [3.05, 3.63) is 46.0 Å². The minimum Gasteiger partial charge on any atom is -0.269 e. The second-order valence-corrected chi connectivity index (χ2v) is 3.66. The molecule has 2 aromatic rings. The van der Waals surface area contributed by atoms with E-state index >= 15 is 0 Å². The Balaban J connectivity index is 2.91. The number of halogens is 1. The number of rotatable bonds is 1. The van der Waals surface area contributed by atoms with Crippen LogP contribution in [-0.4, -0.2) is 9.38 Å². The first-order chi connectivity index (χ1) is 6.72. The summed E-state index contributed by atoms with van der Waals surface area (Å²) in [5, 5.41) is 0.604. The van der Waals surface area contributed by atoms with E-state index in [-0.39, 0.29) is 5.56 Å². The molecular formula is C10H9BrN2O. The molecule has 72 valence electrons. The highest BCUT2D eigenvalue weighted by atomic mass is 79.9. The fraction of sp³-hybridized carbons (Fsp3) is 0.200. The number of nitrogens with zero attached hydrogens (tertiary/aromatic N) is 2. The average molecular weight is 253 g/mol. The summed E-state index contributed by atoms with van der Waals surface area (Å²) in [6, 6.07) is 5.33. The molecular weight excluding hydrogens is 244 g/mol. The van der Waals surface area contributed by atoms with Gasteiger partial charge in [0.2, 0.25) is 0 Å². The van der Waals surface area contributed by atoms with Gasteiger partial charge in [-0.05, 0) is 18.6 Å². The third-order valence-corrected chi connectivity index (χ3v) is 2.65. The van der Waals surface area contributed by atoms with Crippen LogP contribution in [0, 0.1) is 6.92 Å². The third kappa shape index (κ3) is 1.46. The second kappa shape index (κ2) is 3.53. The quantitative estimate of drug-likeness (QED) is 0.727. The predicted octanol–water partition coefficient (Wildman–Crippen LogP) is 1.90. The Morgan fingerprint density at radius 2 is 2.36 bits per heavy atom. The van der Waals surface area contributed by atoms with Gasteiger partial charge in [-0.25, -0.2) is 4.98 Å². The van der Waals surface area contributed by atoms with Crippen LogP contribution in [0.5, 0.6) is 0 Å². The summed E-state index contributed by atoms with van der Waals surface area (Å²) in [4.78, 5) is 16.0. The zero-order chi connectivity index (χ0) is 10.1. The lowest BCUT2D eigenvalue weighted by Gasteiger charge is -2.03. The van der Waals surface area contributed by atoms with E-state index in [0.29, 0.717) is 5.33 Å². The van der Waals surface area contributed by atoms with Gasteiger partial charge >= 0.3 is 0 Å². The van der Waals surface area contributed by atoms with E-state index in [1.165, 1.54) is 0 Å². The molecule has 0 spiro atoms. The van der Waals surface area contributed by atoms with Crippen LogP contribution in [0.15, 0.2) is 29.2 Å².